The minimum absolute atomic E-state index is 0.0267. The third-order valence-electron chi connectivity index (χ3n) is 5.59. The van der Waals surface area contributed by atoms with E-state index in [1.165, 1.54) is 12.1 Å². The van der Waals surface area contributed by atoms with Crippen molar-refractivity contribution >= 4 is 5.91 Å². The number of aromatic amines is 1. The molecule has 0 bridgehead atoms. The Bertz CT molecular complexity index is 970. The molecule has 4 nitrogen and oxygen atoms in total. The first-order valence-corrected chi connectivity index (χ1v) is 9.93. The van der Waals surface area contributed by atoms with Crippen molar-refractivity contribution in [1.29, 1.82) is 0 Å². The van der Waals surface area contributed by atoms with Crippen LogP contribution in [0, 0.1) is 17.6 Å². The second-order valence-corrected chi connectivity index (χ2v) is 7.58. The summed E-state index contributed by atoms with van der Waals surface area (Å²) in [5, 5.41) is 6.86. The molecule has 1 fully saturated rings. The summed E-state index contributed by atoms with van der Waals surface area (Å²) in [7, 11) is 0. The summed E-state index contributed by atoms with van der Waals surface area (Å²) < 4.78 is 26.9. The second-order valence-electron chi connectivity index (χ2n) is 7.58. The van der Waals surface area contributed by atoms with Crippen molar-refractivity contribution in [3.8, 4) is 11.3 Å². The summed E-state index contributed by atoms with van der Waals surface area (Å²) >= 11 is 0. The lowest BCUT2D eigenvalue weighted by Crippen LogP contribution is -2.40. The molecule has 2 aromatic carbocycles. The van der Waals surface area contributed by atoms with Crippen molar-refractivity contribution in [3.63, 3.8) is 0 Å². The van der Waals surface area contributed by atoms with Crippen LogP contribution in [0.5, 0.6) is 0 Å². The lowest BCUT2D eigenvalue weighted by atomic mass is 9.91. The number of rotatable bonds is 5. The van der Waals surface area contributed by atoms with Crippen molar-refractivity contribution < 1.29 is 13.6 Å². The molecule has 6 heteroatoms. The average Bonchev–Trinajstić information content (AvgIpc) is 3.28. The van der Waals surface area contributed by atoms with Crippen LogP contribution in [0.4, 0.5) is 8.78 Å². The number of H-pyrrole nitrogens is 1. The number of carbonyl (C=O) groups excluding carboxylic acids is 1. The predicted octanol–water partition coefficient (Wildman–Crippen LogP) is 4.84. The standard InChI is InChI=1S/C23H23F2N3O/c24-20-10-9-17(21(25)14-20)4-3-16-2-1-13-28(15-16)23(29)19-7-5-18(6-8-19)22-11-12-26-27-22/h5-12,14,16H,1-4,13,15H2,(H,26,27)/t16-/m1/s1. The van der Waals surface area contributed by atoms with Crippen molar-refractivity contribution in [2.75, 3.05) is 13.1 Å². The lowest BCUT2D eigenvalue weighted by molar-refractivity contribution is 0.0668. The summed E-state index contributed by atoms with van der Waals surface area (Å²) in [6.07, 6.45) is 4.99. The van der Waals surface area contributed by atoms with Gasteiger partial charge in [-0.05, 0) is 67.0 Å². The van der Waals surface area contributed by atoms with Crippen LogP contribution in [0.1, 0.15) is 35.2 Å². The molecule has 1 N–H and O–H groups in total. The largest absolute Gasteiger partial charge is 0.338 e. The van der Waals surface area contributed by atoms with Gasteiger partial charge in [0.1, 0.15) is 11.6 Å². The molecule has 1 saturated heterocycles. The molecule has 150 valence electrons. The Hall–Kier alpha value is -3.02. The average molecular weight is 395 g/mol. The number of hydrogen-bond donors (Lipinski definition) is 1. The number of aryl methyl sites for hydroxylation is 1. The lowest BCUT2D eigenvalue weighted by Gasteiger charge is -2.33. The van der Waals surface area contributed by atoms with Crippen molar-refractivity contribution in [1.82, 2.24) is 15.1 Å². The van der Waals surface area contributed by atoms with E-state index >= 15 is 0 Å². The number of likely N-dealkylation sites (tertiary alicyclic amines) is 1. The monoisotopic (exact) mass is 395 g/mol. The van der Waals surface area contributed by atoms with E-state index in [4.69, 9.17) is 0 Å². The van der Waals surface area contributed by atoms with Gasteiger partial charge < -0.3 is 4.90 Å². The fraction of sp³-hybridized carbons (Fsp3) is 0.304. The van der Waals surface area contributed by atoms with Crippen LogP contribution in [0.3, 0.4) is 0 Å². The summed E-state index contributed by atoms with van der Waals surface area (Å²) in [5.74, 6) is -0.703. The van der Waals surface area contributed by atoms with Crippen LogP contribution in [-0.2, 0) is 6.42 Å². The highest BCUT2D eigenvalue weighted by molar-refractivity contribution is 5.94. The molecular formula is C23H23F2N3O. The normalized spacial score (nSPS) is 16.8. The fourth-order valence-electron chi connectivity index (χ4n) is 3.96. The maximum absolute atomic E-state index is 13.9. The zero-order valence-corrected chi connectivity index (χ0v) is 16.1. The molecule has 1 aliphatic rings. The Labute approximate surface area is 168 Å². The van der Waals surface area contributed by atoms with Gasteiger partial charge in [0.2, 0.25) is 0 Å². The molecule has 0 saturated carbocycles. The predicted molar refractivity (Wildman–Crippen MR) is 107 cm³/mol. The Kier molecular flexibility index (Phi) is 5.69. The van der Waals surface area contributed by atoms with Crippen LogP contribution in [0.25, 0.3) is 11.3 Å². The molecule has 1 atom stereocenters. The highest BCUT2D eigenvalue weighted by atomic mass is 19.1. The Morgan fingerprint density at radius 3 is 2.69 bits per heavy atom. The second kappa shape index (κ2) is 8.55. The number of halogens is 2. The van der Waals surface area contributed by atoms with E-state index in [1.54, 1.807) is 6.20 Å². The van der Waals surface area contributed by atoms with Gasteiger partial charge in [-0.25, -0.2) is 8.78 Å². The van der Waals surface area contributed by atoms with Gasteiger partial charge >= 0.3 is 0 Å². The number of benzene rings is 2. The minimum Gasteiger partial charge on any atom is -0.338 e. The van der Waals surface area contributed by atoms with Crippen molar-refractivity contribution in [3.05, 3.63) is 77.5 Å². The molecule has 0 aliphatic carbocycles. The van der Waals surface area contributed by atoms with Crippen molar-refractivity contribution in [2.45, 2.75) is 25.7 Å². The molecule has 1 aromatic heterocycles. The molecule has 0 radical (unpaired) electrons. The molecule has 29 heavy (non-hydrogen) atoms. The maximum atomic E-state index is 13.9. The molecule has 0 unspecified atom stereocenters. The van der Waals surface area contributed by atoms with Gasteiger partial charge in [-0.2, -0.15) is 5.10 Å². The van der Waals surface area contributed by atoms with E-state index in [2.05, 4.69) is 10.2 Å². The summed E-state index contributed by atoms with van der Waals surface area (Å²) in [6.45, 7) is 1.41. The minimum atomic E-state index is -0.556. The molecule has 2 heterocycles. The number of hydrogen-bond acceptors (Lipinski definition) is 2. The van der Waals surface area contributed by atoms with E-state index in [1.807, 2.05) is 35.2 Å². The Morgan fingerprint density at radius 2 is 1.97 bits per heavy atom. The third-order valence-corrected chi connectivity index (χ3v) is 5.59. The van der Waals surface area contributed by atoms with E-state index < -0.39 is 11.6 Å². The number of carbonyl (C=O) groups is 1. The maximum Gasteiger partial charge on any atom is 0.253 e. The smallest absolute Gasteiger partial charge is 0.253 e. The van der Waals surface area contributed by atoms with E-state index in [0.717, 1.165) is 43.1 Å². The van der Waals surface area contributed by atoms with E-state index in [-0.39, 0.29) is 5.91 Å². The van der Waals surface area contributed by atoms with Gasteiger partial charge in [0.15, 0.2) is 0 Å². The number of nitrogens with one attached hydrogen (secondary N) is 1. The van der Waals surface area contributed by atoms with Crippen LogP contribution < -0.4 is 0 Å². The molecule has 3 aromatic rings. The third kappa shape index (κ3) is 4.53. The number of aromatic nitrogens is 2. The Balaban J connectivity index is 1.36. The first-order chi connectivity index (χ1) is 14.1. The SMILES string of the molecule is O=C(c1ccc(-c2ccn[nH]2)cc1)N1CCC[C@H](CCc2ccc(F)cc2F)C1. The highest BCUT2D eigenvalue weighted by Crippen LogP contribution is 2.25. The highest BCUT2D eigenvalue weighted by Gasteiger charge is 2.24. The number of nitrogens with zero attached hydrogens (tertiary/aromatic N) is 2. The summed E-state index contributed by atoms with van der Waals surface area (Å²) in [4.78, 5) is 14.8. The summed E-state index contributed by atoms with van der Waals surface area (Å²) in [5.41, 5.74) is 3.09. The van der Waals surface area contributed by atoms with Gasteiger partial charge in [0, 0.05) is 30.9 Å². The zero-order valence-electron chi connectivity index (χ0n) is 16.1. The van der Waals surface area contributed by atoms with E-state index in [0.29, 0.717) is 30.0 Å². The van der Waals surface area contributed by atoms with Crippen LogP contribution in [0.15, 0.2) is 54.7 Å². The van der Waals surface area contributed by atoms with Crippen LogP contribution in [-0.4, -0.2) is 34.1 Å². The first-order valence-electron chi connectivity index (χ1n) is 9.93. The van der Waals surface area contributed by atoms with E-state index in [9.17, 15) is 13.6 Å². The molecule has 4 rings (SSSR count). The van der Waals surface area contributed by atoms with Crippen LogP contribution in [0.2, 0.25) is 0 Å². The zero-order chi connectivity index (χ0) is 20.2. The number of amides is 1. The quantitative estimate of drug-likeness (QED) is 0.672. The summed E-state index contributed by atoms with van der Waals surface area (Å²) in [6, 6.07) is 13.1. The van der Waals surface area contributed by atoms with Gasteiger partial charge in [0.25, 0.3) is 5.91 Å². The van der Waals surface area contributed by atoms with Crippen molar-refractivity contribution in [2.24, 2.45) is 5.92 Å². The first kappa shape index (κ1) is 19.3. The number of piperidine rings is 1. The van der Waals surface area contributed by atoms with Gasteiger partial charge in [-0.3, -0.25) is 9.89 Å². The fourth-order valence-corrected chi connectivity index (χ4v) is 3.96. The van der Waals surface area contributed by atoms with Gasteiger partial charge in [-0.1, -0.05) is 18.2 Å². The van der Waals surface area contributed by atoms with Gasteiger partial charge in [-0.15, -0.1) is 0 Å². The molecule has 0 spiro atoms. The van der Waals surface area contributed by atoms with Crippen LogP contribution >= 0.6 is 0 Å². The van der Waals surface area contributed by atoms with Gasteiger partial charge in [0.05, 0.1) is 5.69 Å². The molecular weight excluding hydrogens is 372 g/mol. The molecule has 1 aliphatic heterocycles. The Morgan fingerprint density at radius 1 is 1.14 bits per heavy atom. The topological polar surface area (TPSA) is 49.0 Å². The molecule has 1 amide bonds.